The summed E-state index contributed by atoms with van der Waals surface area (Å²) >= 11 is 0. The maximum absolute atomic E-state index is 11.4. The number of carboxylic acid groups (broad SMARTS) is 1. The summed E-state index contributed by atoms with van der Waals surface area (Å²) in [5, 5.41) is 15.0. The van der Waals surface area contributed by atoms with Gasteiger partial charge >= 0.3 is 5.97 Å². The summed E-state index contributed by atoms with van der Waals surface area (Å²) in [5.74, 6) is -0.0155. The van der Waals surface area contributed by atoms with E-state index in [0.717, 1.165) is 28.0 Å². The summed E-state index contributed by atoms with van der Waals surface area (Å²) in [6, 6.07) is 8.36. The van der Waals surface area contributed by atoms with E-state index in [2.05, 4.69) is 40.9 Å². The first-order valence-electron chi connectivity index (χ1n) is 7.98. The summed E-state index contributed by atoms with van der Waals surface area (Å²) in [6.07, 6.45) is 4.21. The highest BCUT2D eigenvalue weighted by Gasteiger charge is 2.17. The molecule has 0 saturated heterocycles. The van der Waals surface area contributed by atoms with Crippen LogP contribution in [0.15, 0.2) is 36.0 Å². The second-order valence-corrected chi connectivity index (χ2v) is 6.02. The zero-order valence-corrected chi connectivity index (χ0v) is 14.4. The summed E-state index contributed by atoms with van der Waals surface area (Å²) in [5.41, 5.74) is 4.32. The van der Waals surface area contributed by atoms with Crippen LogP contribution in [0.5, 0.6) is 0 Å². The average Bonchev–Trinajstić information content (AvgIpc) is 3.04. The fraction of sp³-hybridized carbons (Fsp3) is 0.263. The van der Waals surface area contributed by atoms with E-state index >= 15 is 0 Å². The van der Waals surface area contributed by atoms with Gasteiger partial charge in [0.05, 0.1) is 11.2 Å². The van der Waals surface area contributed by atoms with Gasteiger partial charge in [0.2, 0.25) is 0 Å². The van der Waals surface area contributed by atoms with E-state index in [-0.39, 0.29) is 0 Å². The van der Waals surface area contributed by atoms with Crippen molar-refractivity contribution >= 4 is 22.9 Å². The minimum absolute atomic E-state index is 0.375. The topological polar surface area (TPSA) is 60.0 Å². The Morgan fingerprint density at radius 1 is 1.29 bits per heavy atom. The molecule has 124 valence electrons. The Morgan fingerprint density at radius 2 is 2.04 bits per heavy atom. The Morgan fingerprint density at radius 3 is 2.71 bits per heavy atom. The van der Waals surface area contributed by atoms with Gasteiger partial charge in [-0.3, -0.25) is 4.68 Å². The molecule has 0 unspecified atom stereocenters. The first-order chi connectivity index (χ1) is 11.4. The number of hydrogen-bond acceptors (Lipinski definition) is 2. The van der Waals surface area contributed by atoms with Gasteiger partial charge in [-0.1, -0.05) is 18.6 Å². The molecule has 0 bridgehead atoms. The Balaban J connectivity index is 2.26. The summed E-state index contributed by atoms with van der Waals surface area (Å²) in [4.78, 5) is 11.4. The van der Waals surface area contributed by atoms with E-state index in [1.807, 2.05) is 27.1 Å². The molecule has 0 aliphatic rings. The molecule has 2 aromatic heterocycles. The fourth-order valence-electron chi connectivity index (χ4n) is 3.05. The van der Waals surface area contributed by atoms with Crippen LogP contribution in [0.1, 0.15) is 30.2 Å². The standard InChI is InChI=1S/C19H21N3O2/c1-5-14(19(23)24)11-16-13(3)20-21(4)18(16)22-9-8-15-10-12(2)6-7-17(15)22/h6-11H,5H2,1-4H3,(H,23,24). The van der Waals surface area contributed by atoms with Gasteiger partial charge in [-0.15, -0.1) is 0 Å². The molecule has 5 heteroatoms. The molecule has 0 saturated carbocycles. The molecule has 3 rings (SSSR count). The molecule has 1 aromatic carbocycles. The van der Waals surface area contributed by atoms with Crippen LogP contribution < -0.4 is 0 Å². The lowest BCUT2D eigenvalue weighted by Crippen LogP contribution is -2.04. The monoisotopic (exact) mass is 323 g/mol. The second-order valence-electron chi connectivity index (χ2n) is 6.02. The van der Waals surface area contributed by atoms with Crippen molar-refractivity contribution in [1.29, 1.82) is 0 Å². The predicted molar refractivity (Wildman–Crippen MR) is 95.4 cm³/mol. The van der Waals surface area contributed by atoms with E-state index in [9.17, 15) is 9.90 Å². The van der Waals surface area contributed by atoms with Gasteiger partial charge in [0.25, 0.3) is 0 Å². The zero-order valence-electron chi connectivity index (χ0n) is 14.4. The van der Waals surface area contributed by atoms with Crippen LogP contribution >= 0.6 is 0 Å². The van der Waals surface area contributed by atoms with Crippen molar-refractivity contribution in [2.75, 3.05) is 0 Å². The highest BCUT2D eigenvalue weighted by molar-refractivity contribution is 5.93. The molecule has 0 aliphatic heterocycles. The van der Waals surface area contributed by atoms with Crippen LogP contribution in [0.3, 0.4) is 0 Å². The Hall–Kier alpha value is -2.82. The molecule has 3 aromatic rings. The van der Waals surface area contributed by atoms with Gasteiger partial charge < -0.3 is 9.67 Å². The van der Waals surface area contributed by atoms with Crippen molar-refractivity contribution in [1.82, 2.24) is 14.3 Å². The highest BCUT2D eigenvalue weighted by atomic mass is 16.4. The number of aliphatic carboxylic acids is 1. The molecule has 24 heavy (non-hydrogen) atoms. The number of hydrogen-bond donors (Lipinski definition) is 1. The first-order valence-corrected chi connectivity index (χ1v) is 7.98. The number of nitrogens with zero attached hydrogens (tertiary/aromatic N) is 3. The molecule has 2 heterocycles. The van der Waals surface area contributed by atoms with E-state index < -0.39 is 5.97 Å². The van der Waals surface area contributed by atoms with Crippen LogP contribution in [0, 0.1) is 13.8 Å². The van der Waals surface area contributed by atoms with Crippen molar-refractivity contribution in [3.05, 3.63) is 52.9 Å². The lowest BCUT2D eigenvalue weighted by atomic mass is 10.1. The first kappa shape index (κ1) is 16.1. The number of rotatable bonds is 4. The third kappa shape index (κ3) is 2.62. The summed E-state index contributed by atoms with van der Waals surface area (Å²) in [6.45, 7) is 5.82. The molecule has 0 atom stereocenters. The van der Waals surface area contributed by atoms with Crippen molar-refractivity contribution in [2.24, 2.45) is 7.05 Å². The molecule has 5 nitrogen and oxygen atoms in total. The van der Waals surface area contributed by atoms with Gasteiger partial charge in [-0.2, -0.15) is 5.10 Å². The average molecular weight is 323 g/mol. The zero-order chi connectivity index (χ0) is 17.4. The maximum atomic E-state index is 11.4. The number of aromatic nitrogens is 3. The minimum atomic E-state index is -0.889. The van der Waals surface area contributed by atoms with Crippen LogP contribution in [-0.2, 0) is 11.8 Å². The molecule has 1 N–H and O–H groups in total. The van der Waals surface area contributed by atoms with Gasteiger partial charge in [-0.25, -0.2) is 4.79 Å². The summed E-state index contributed by atoms with van der Waals surface area (Å²) < 4.78 is 3.87. The lowest BCUT2D eigenvalue weighted by molar-refractivity contribution is -0.132. The number of benzene rings is 1. The smallest absolute Gasteiger partial charge is 0.331 e. The van der Waals surface area contributed by atoms with E-state index in [1.54, 1.807) is 10.8 Å². The molecule has 0 spiro atoms. The van der Waals surface area contributed by atoms with Gasteiger partial charge in [-0.05, 0) is 44.5 Å². The molecular formula is C19H21N3O2. The fourth-order valence-corrected chi connectivity index (χ4v) is 3.05. The molecular weight excluding hydrogens is 302 g/mol. The molecule has 0 fully saturated rings. The summed E-state index contributed by atoms with van der Waals surface area (Å²) in [7, 11) is 1.88. The quantitative estimate of drug-likeness (QED) is 0.742. The normalized spacial score (nSPS) is 12.1. The van der Waals surface area contributed by atoms with E-state index in [1.165, 1.54) is 5.56 Å². The van der Waals surface area contributed by atoms with Gasteiger partial charge in [0, 0.05) is 29.8 Å². The van der Waals surface area contributed by atoms with Crippen molar-refractivity contribution in [3.8, 4) is 5.82 Å². The second kappa shape index (κ2) is 6.00. The number of carbonyl (C=O) groups is 1. The predicted octanol–water partition coefficient (Wildman–Crippen LogP) is 3.86. The van der Waals surface area contributed by atoms with E-state index in [4.69, 9.17) is 0 Å². The van der Waals surface area contributed by atoms with Crippen LogP contribution in [0.25, 0.3) is 22.8 Å². The Kier molecular flexibility index (Phi) is 4.01. The van der Waals surface area contributed by atoms with Crippen LogP contribution in [0.4, 0.5) is 0 Å². The van der Waals surface area contributed by atoms with Crippen molar-refractivity contribution in [2.45, 2.75) is 27.2 Å². The van der Waals surface area contributed by atoms with Crippen molar-refractivity contribution < 1.29 is 9.90 Å². The third-order valence-corrected chi connectivity index (χ3v) is 4.29. The SMILES string of the molecule is CCC(=Cc1c(C)nn(C)c1-n1ccc2cc(C)ccc21)C(=O)O. The minimum Gasteiger partial charge on any atom is -0.478 e. The van der Waals surface area contributed by atoms with Crippen molar-refractivity contribution in [3.63, 3.8) is 0 Å². The molecule has 0 aliphatic carbocycles. The van der Waals surface area contributed by atoms with Gasteiger partial charge in [0.1, 0.15) is 5.82 Å². The van der Waals surface area contributed by atoms with Crippen LogP contribution in [-0.4, -0.2) is 25.4 Å². The largest absolute Gasteiger partial charge is 0.478 e. The van der Waals surface area contributed by atoms with Crippen LogP contribution in [0.2, 0.25) is 0 Å². The molecule has 0 amide bonds. The Bertz CT molecular complexity index is 961. The Labute approximate surface area is 140 Å². The third-order valence-electron chi connectivity index (χ3n) is 4.29. The maximum Gasteiger partial charge on any atom is 0.331 e. The number of carboxylic acids is 1. The van der Waals surface area contributed by atoms with Gasteiger partial charge in [0.15, 0.2) is 0 Å². The highest BCUT2D eigenvalue weighted by Crippen LogP contribution is 2.27. The lowest BCUT2D eigenvalue weighted by Gasteiger charge is -2.09. The number of fused-ring (bicyclic) bond motifs is 1. The molecule has 0 radical (unpaired) electrons. The van der Waals surface area contributed by atoms with E-state index in [0.29, 0.717) is 12.0 Å². The number of aryl methyl sites for hydroxylation is 3.